The Balaban J connectivity index is 0.000000186. The maximum Gasteiger partial charge on any atom is 0.415 e. The minimum atomic E-state index is -1.30. The fourth-order valence-electron chi connectivity index (χ4n) is 8.91. The number of imidazole rings is 2. The van der Waals surface area contributed by atoms with E-state index in [1.54, 1.807) is 9.80 Å². The SMILES string of the molecule is C.C#CCC1CCN(C(=O)Oc2ccc(F)cc2)CC1.Nc1nc(C#CCC2CCN(C(=O)Oc3ccc(F)cc3)CC2)nc2c1ncn2[C@@H]1O[C@H](CO)C(O)[C@@H]1O.Nc1nc(I)nc2c1ncn2[C@@H]1O[C@H](CO)C(O)[C@@H]1O. The Morgan fingerprint density at radius 2 is 1.09 bits per heavy atom. The third kappa shape index (κ3) is 13.8. The lowest BCUT2D eigenvalue weighted by molar-refractivity contribution is -0.0511. The number of amides is 2. The van der Waals surface area contributed by atoms with Gasteiger partial charge in [-0.1, -0.05) is 13.3 Å². The highest BCUT2D eigenvalue weighted by Gasteiger charge is 2.45. The van der Waals surface area contributed by atoms with Gasteiger partial charge in [0.1, 0.15) is 70.8 Å². The highest BCUT2D eigenvalue weighted by atomic mass is 127. The lowest BCUT2D eigenvalue weighted by Crippen LogP contribution is -2.40. The van der Waals surface area contributed by atoms with Gasteiger partial charge in [-0.2, -0.15) is 0 Å². The first-order chi connectivity index (χ1) is 37.0. The Kier molecular flexibility index (Phi) is 20.0. The van der Waals surface area contributed by atoms with Crippen molar-refractivity contribution >= 4 is 68.7 Å². The van der Waals surface area contributed by atoms with Gasteiger partial charge < -0.3 is 70.9 Å². The number of aromatic nitrogens is 8. The van der Waals surface area contributed by atoms with Gasteiger partial charge in [-0.25, -0.2) is 48.3 Å². The van der Waals surface area contributed by atoms with Crippen molar-refractivity contribution in [3.63, 3.8) is 0 Å². The van der Waals surface area contributed by atoms with Crippen molar-refractivity contribution in [3.05, 3.63) is 82.5 Å². The fourth-order valence-corrected chi connectivity index (χ4v) is 9.40. The van der Waals surface area contributed by atoms with E-state index in [1.807, 2.05) is 22.6 Å². The van der Waals surface area contributed by atoms with Crippen molar-refractivity contribution in [3.8, 4) is 35.7 Å². The number of carbonyl (C=O) groups excluding carboxylic acids is 2. The smallest absolute Gasteiger partial charge is 0.410 e. The predicted molar refractivity (Wildman–Crippen MR) is 283 cm³/mol. The standard InChI is InChI=1S/C25H27FN6O6.C15H16FNO2.C10H12IN5O4.CH4/c26-15-4-6-16(7-5-15)37-25(36)31-10-8-14(9-11-31)2-1-3-18-29-22(27)19-23(30-18)32(13-28-19)24-21(35)20(34)17(12-33)38-24;1-2-3-12-8-10-17(11-9-12)15(18)19-14-6-4-13(16)5-7-14;11-10-14-7(12)4-8(15-10)16(2-13-4)9-6(19)5(18)3(1-17)20-9;/h4-7,13-14,17,20-21,24,33-35H,2,8-12H2,(H2,27,29,30);1,4-7,12H,3,8-11H2;2-3,5-6,9,17-19H,1H2,(H2,12,14,15);1H4/t17-,20?,21+,24-;;3-,5?,6+,9-;/m1.1./s1. The molecule has 0 bridgehead atoms. The minimum Gasteiger partial charge on any atom is -0.410 e. The van der Waals surface area contributed by atoms with Crippen LogP contribution >= 0.6 is 22.6 Å². The van der Waals surface area contributed by atoms with Crippen molar-refractivity contribution in [2.45, 2.75) is 95.0 Å². The van der Waals surface area contributed by atoms with Gasteiger partial charge in [-0.3, -0.25) is 9.13 Å². The van der Waals surface area contributed by atoms with E-state index < -0.39 is 74.2 Å². The molecule has 4 fully saturated rings. The Labute approximate surface area is 459 Å². The van der Waals surface area contributed by atoms with Gasteiger partial charge in [0.25, 0.3) is 0 Å². The van der Waals surface area contributed by atoms with Gasteiger partial charge >= 0.3 is 12.2 Å². The second-order valence-corrected chi connectivity index (χ2v) is 19.3. The number of aliphatic hydroxyl groups excluding tert-OH is 6. The summed E-state index contributed by atoms with van der Waals surface area (Å²) in [4.78, 5) is 52.6. The summed E-state index contributed by atoms with van der Waals surface area (Å²) in [6.45, 7) is 1.51. The average Bonchev–Trinajstić information content (AvgIpc) is 4.35. The zero-order valence-corrected chi connectivity index (χ0v) is 43.2. The van der Waals surface area contributed by atoms with Gasteiger partial charge in [0.2, 0.25) is 5.82 Å². The first-order valence-electron chi connectivity index (χ1n) is 24.3. The molecule has 2 amide bonds. The summed E-state index contributed by atoms with van der Waals surface area (Å²) in [5, 5.41) is 58.7. The molecule has 0 radical (unpaired) electrons. The van der Waals surface area contributed by atoms with Crippen LogP contribution < -0.4 is 20.9 Å². The van der Waals surface area contributed by atoms with Crippen LogP contribution in [0.15, 0.2) is 61.2 Å². The Morgan fingerprint density at radius 3 is 1.51 bits per heavy atom. The molecule has 6 aromatic rings. The van der Waals surface area contributed by atoms with Crippen LogP contribution in [0.2, 0.25) is 0 Å². The second-order valence-electron chi connectivity index (χ2n) is 18.3. The Morgan fingerprint density at radius 1 is 0.667 bits per heavy atom. The number of aliphatic hydroxyl groups is 6. The number of fused-ring (bicyclic) bond motifs is 2. The summed E-state index contributed by atoms with van der Waals surface area (Å²) in [5.74, 6) is 9.83. The summed E-state index contributed by atoms with van der Waals surface area (Å²) in [5.41, 5.74) is 13.2. The number of anilines is 2. The number of nitrogen functional groups attached to an aromatic ring is 2. The van der Waals surface area contributed by atoms with E-state index in [1.165, 1.54) is 70.3 Å². The summed E-state index contributed by atoms with van der Waals surface area (Å²) in [6, 6.07) is 10.7. The van der Waals surface area contributed by atoms with Crippen LogP contribution in [0.1, 0.15) is 64.2 Å². The predicted octanol–water partition coefficient (Wildman–Crippen LogP) is 3.13. The molecule has 8 atom stereocenters. The summed E-state index contributed by atoms with van der Waals surface area (Å²) in [7, 11) is 0. The van der Waals surface area contributed by atoms with Crippen molar-refractivity contribution in [2.75, 3.05) is 50.9 Å². The fraction of sp³-hybridized carbons (Fsp3) is 0.451. The van der Waals surface area contributed by atoms with E-state index >= 15 is 0 Å². The summed E-state index contributed by atoms with van der Waals surface area (Å²) < 4.78 is 50.6. The maximum atomic E-state index is 13.0. The number of rotatable bonds is 8. The molecule has 27 heteroatoms. The van der Waals surface area contributed by atoms with Crippen molar-refractivity contribution in [2.24, 2.45) is 11.8 Å². The number of benzene rings is 2. The van der Waals surface area contributed by atoms with E-state index in [9.17, 15) is 43.9 Å². The molecule has 2 aromatic carbocycles. The second kappa shape index (κ2) is 26.6. The third-order valence-corrected chi connectivity index (χ3v) is 13.7. The van der Waals surface area contributed by atoms with Crippen LogP contribution in [0.25, 0.3) is 22.3 Å². The topological polar surface area (TPSA) is 338 Å². The molecule has 8 heterocycles. The molecule has 4 saturated heterocycles. The molecule has 416 valence electrons. The molecule has 4 aromatic heterocycles. The molecule has 10 rings (SSSR count). The van der Waals surface area contributed by atoms with Gasteiger partial charge in [0, 0.05) is 61.6 Å². The average molecular weight is 1200 g/mol. The maximum absolute atomic E-state index is 13.0. The molecule has 10 N–H and O–H groups in total. The number of halogens is 3. The largest absolute Gasteiger partial charge is 0.415 e. The molecular weight excluding hydrogens is 1140 g/mol. The van der Waals surface area contributed by atoms with Crippen molar-refractivity contribution in [1.29, 1.82) is 0 Å². The number of likely N-dealkylation sites (tertiary alicyclic amines) is 2. The van der Waals surface area contributed by atoms with E-state index in [2.05, 4.69) is 47.7 Å². The highest BCUT2D eigenvalue weighted by Crippen LogP contribution is 2.34. The van der Waals surface area contributed by atoms with E-state index in [4.69, 9.17) is 41.9 Å². The van der Waals surface area contributed by atoms with E-state index in [0.29, 0.717) is 70.5 Å². The van der Waals surface area contributed by atoms with Crippen molar-refractivity contribution < 1.29 is 68.0 Å². The highest BCUT2D eigenvalue weighted by molar-refractivity contribution is 14.1. The van der Waals surface area contributed by atoms with Crippen LogP contribution in [0, 0.1) is 51.5 Å². The third-order valence-electron chi connectivity index (χ3n) is 13.2. The molecule has 0 saturated carbocycles. The van der Waals surface area contributed by atoms with Crippen LogP contribution in [-0.2, 0) is 9.47 Å². The van der Waals surface area contributed by atoms with Gasteiger partial charge in [0.05, 0.1) is 25.9 Å². The quantitative estimate of drug-likeness (QED) is 0.0616. The number of terminal acetylenes is 1. The molecule has 0 aliphatic carbocycles. The molecule has 78 heavy (non-hydrogen) atoms. The number of piperidine rings is 2. The number of hydrogen-bond acceptors (Lipinski definition) is 20. The van der Waals surface area contributed by atoms with E-state index in [0.717, 1.165) is 32.1 Å². The number of hydrogen-bond donors (Lipinski definition) is 8. The Hall–Kier alpha value is -6.93. The zero-order valence-electron chi connectivity index (χ0n) is 41.0. The summed E-state index contributed by atoms with van der Waals surface area (Å²) in [6.07, 6.45) is 3.20. The minimum absolute atomic E-state index is 0. The number of nitrogens with two attached hydrogens (primary N) is 2. The number of carbonyl (C=O) groups is 2. The first kappa shape index (κ1) is 58.7. The van der Waals surface area contributed by atoms with Gasteiger partial charge in [0.15, 0.2) is 39.2 Å². The zero-order chi connectivity index (χ0) is 54.9. The van der Waals surface area contributed by atoms with Crippen molar-refractivity contribution in [1.82, 2.24) is 48.8 Å². The lowest BCUT2D eigenvalue weighted by atomic mass is 9.94. The van der Waals surface area contributed by atoms with Crippen LogP contribution in [0.3, 0.4) is 0 Å². The number of nitrogens with zero attached hydrogens (tertiary/aromatic N) is 10. The molecule has 4 aliphatic rings. The van der Waals surface area contributed by atoms with Crippen LogP contribution in [-0.4, -0.2) is 168 Å². The monoisotopic (exact) mass is 1200 g/mol. The van der Waals surface area contributed by atoms with Gasteiger partial charge in [-0.15, -0.1) is 12.3 Å². The summed E-state index contributed by atoms with van der Waals surface area (Å²) >= 11 is 1.92. The van der Waals surface area contributed by atoms with Crippen LogP contribution in [0.4, 0.5) is 30.0 Å². The van der Waals surface area contributed by atoms with Gasteiger partial charge in [-0.05, 0) is 92.0 Å². The van der Waals surface area contributed by atoms with E-state index in [-0.39, 0.29) is 48.4 Å². The molecule has 4 aliphatic heterocycles. The lowest BCUT2D eigenvalue weighted by Gasteiger charge is -2.30. The number of ether oxygens (including phenoxy) is 4. The first-order valence-corrected chi connectivity index (χ1v) is 25.4. The molecule has 2 unspecified atom stereocenters. The molecule has 0 spiro atoms. The molecule has 24 nitrogen and oxygen atoms in total. The normalized spacial score (nSPS) is 23.2. The Bertz CT molecular complexity index is 3110. The van der Waals surface area contributed by atoms with Crippen LogP contribution in [0.5, 0.6) is 11.5 Å². The molecular formula is C51H59F2IN12O12.